The van der Waals surface area contributed by atoms with Crippen LogP contribution in [0.2, 0.25) is 0 Å². The Morgan fingerprint density at radius 2 is 2.20 bits per heavy atom. The first-order valence-corrected chi connectivity index (χ1v) is 4.24. The van der Waals surface area contributed by atoms with Crippen molar-refractivity contribution in [1.29, 1.82) is 0 Å². The summed E-state index contributed by atoms with van der Waals surface area (Å²) in [7, 11) is 0. The number of carboxylic acids is 1. The van der Waals surface area contributed by atoms with Crippen molar-refractivity contribution in [3.8, 4) is 0 Å². The minimum Gasteiger partial charge on any atom is -0.478 e. The highest BCUT2D eigenvalue weighted by Gasteiger charge is 2.39. The molecule has 0 aliphatic carbocycles. The number of aromatic nitrogens is 2. The molecule has 0 aliphatic heterocycles. The zero-order valence-electron chi connectivity index (χ0n) is 7.88. The minimum atomic E-state index is -4.73. The van der Waals surface area contributed by atoms with Gasteiger partial charge in [0.1, 0.15) is 5.56 Å². The third-order valence-electron chi connectivity index (χ3n) is 1.71. The van der Waals surface area contributed by atoms with Crippen molar-refractivity contribution in [2.45, 2.75) is 26.1 Å². The Hall–Kier alpha value is -1.53. The van der Waals surface area contributed by atoms with E-state index in [9.17, 15) is 18.0 Å². The number of aryl methyl sites for hydroxylation is 1. The normalized spacial score (nSPS) is 11.7. The van der Waals surface area contributed by atoms with Gasteiger partial charge in [-0.05, 0) is 6.42 Å². The van der Waals surface area contributed by atoms with Crippen LogP contribution in [-0.2, 0) is 12.7 Å². The molecule has 1 N–H and O–H groups in total. The number of alkyl halides is 3. The molecule has 0 bridgehead atoms. The van der Waals surface area contributed by atoms with Gasteiger partial charge in [0.25, 0.3) is 0 Å². The van der Waals surface area contributed by atoms with E-state index in [4.69, 9.17) is 5.11 Å². The molecule has 1 aromatic rings. The Balaban J connectivity index is 3.18. The zero-order chi connectivity index (χ0) is 11.6. The van der Waals surface area contributed by atoms with Gasteiger partial charge in [-0.3, -0.25) is 4.68 Å². The zero-order valence-corrected chi connectivity index (χ0v) is 7.88. The highest BCUT2D eigenvalue weighted by molar-refractivity contribution is 5.88. The third kappa shape index (κ3) is 2.48. The Kier molecular flexibility index (Phi) is 3.01. The van der Waals surface area contributed by atoms with Crippen LogP contribution in [0.1, 0.15) is 29.4 Å². The van der Waals surface area contributed by atoms with Gasteiger partial charge in [-0.15, -0.1) is 0 Å². The van der Waals surface area contributed by atoms with E-state index in [2.05, 4.69) is 5.10 Å². The van der Waals surface area contributed by atoms with E-state index in [-0.39, 0.29) is 6.54 Å². The molecule has 0 saturated heterocycles. The molecule has 0 unspecified atom stereocenters. The summed E-state index contributed by atoms with van der Waals surface area (Å²) in [5.74, 6) is -1.62. The molecule has 15 heavy (non-hydrogen) atoms. The Morgan fingerprint density at radius 1 is 1.60 bits per heavy atom. The van der Waals surface area contributed by atoms with Gasteiger partial charge in [-0.25, -0.2) is 4.79 Å². The fourth-order valence-corrected chi connectivity index (χ4v) is 1.13. The van der Waals surface area contributed by atoms with Crippen molar-refractivity contribution in [3.63, 3.8) is 0 Å². The molecule has 0 aliphatic rings. The van der Waals surface area contributed by atoms with Gasteiger partial charge in [-0.2, -0.15) is 18.3 Å². The fraction of sp³-hybridized carbons (Fsp3) is 0.500. The second-order valence-electron chi connectivity index (χ2n) is 2.96. The molecule has 0 fully saturated rings. The number of rotatable bonds is 3. The van der Waals surface area contributed by atoms with Crippen LogP contribution < -0.4 is 0 Å². The average molecular weight is 222 g/mol. The number of hydrogen-bond acceptors (Lipinski definition) is 2. The van der Waals surface area contributed by atoms with E-state index in [1.54, 1.807) is 6.92 Å². The number of hydrogen-bond donors (Lipinski definition) is 1. The molecule has 1 rings (SSSR count). The van der Waals surface area contributed by atoms with Crippen molar-refractivity contribution >= 4 is 5.97 Å². The molecular weight excluding hydrogens is 213 g/mol. The van der Waals surface area contributed by atoms with E-state index in [1.165, 1.54) is 0 Å². The molecule has 0 saturated carbocycles. The fourth-order valence-electron chi connectivity index (χ4n) is 1.13. The predicted molar refractivity (Wildman–Crippen MR) is 44.5 cm³/mol. The maximum Gasteiger partial charge on any atom is 0.436 e. The number of aromatic carboxylic acids is 1. The summed E-state index contributed by atoms with van der Waals surface area (Å²) in [5.41, 5.74) is -2.15. The van der Waals surface area contributed by atoms with Crippen molar-refractivity contribution in [3.05, 3.63) is 17.5 Å². The van der Waals surface area contributed by atoms with Crippen LogP contribution in [-0.4, -0.2) is 20.9 Å². The Labute approximate surface area is 83.3 Å². The van der Waals surface area contributed by atoms with Crippen LogP contribution >= 0.6 is 0 Å². The molecular formula is C8H9F3N2O2. The van der Waals surface area contributed by atoms with Crippen molar-refractivity contribution in [1.82, 2.24) is 9.78 Å². The smallest absolute Gasteiger partial charge is 0.436 e. The monoisotopic (exact) mass is 222 g/mol. The van der Waals surface area contributed by atoms with E-state index in [1.807, 2.05) is 0 Å². The van der Waals surface area contributed by atoms with Gasteiger partial charge in [0.2, 0.25) is 0 Å². The predicted octanol–water partition coefficient (Wildman–Crippen LogP) is 2.01. The molecule has 1 aromatic heterocycles. The second kappa shape index (κ2) is 3.92. The lowest BCUT2D eigenvalue weighted by Crippen LogP contribution is -2.12. The van der Waals surface area contributed by atoms with Gasteiger partial charge in [0.15, 0.2) is 5.69 Å². The lowest BCUT2D eigenvalue weighted by molar-refractivity contribution is -0.142. The minimum absolute atomic E-state index is 0.260. The lowest BCUT2D eigenvalue weighted by atomic mass is 10.2. The van der Waals surface area contributed by atoms with Gasteiger partial charge < -0.3 is 5.11 Å². The molecule has 84 valence electrons. The van der Waals surface area contributed by atoms with Crippen molar-refractivity contribution < 1.29 is 23.1 Å². The lowest BCUT2D eigenvalue weighted by Gasteiger charge is -2.02. The molecule has 0 spiro atoms. The summed E-state index contributed by atoms with van der Waals surface area (Å²) in [6.07, 6.45) is -3.25. The summed E-state index contributed by atoms with van der Waals surface area (Å²) >= 11 is 0. The summed E-state index contributed by atoms with van der Waals surface area (Å²) in [6.45, 7) is 2.02. The summed E-state index contributed by atoms with van der Waals surface area (Å²) in [4.78, 5) is 10.5. The van der Waals surface area contributed by atoms with Crippen LogP contribution in [0.3, 0.4) is 0 Å². The van der Waals surface area contributed by atoms with Gasteiger partial charge in [0, 0.05) is 12.7 Å². The first-order chi connectivity index (χ1) is 6.86. The van der Waals surface area contributed by atoms with Crippen LogP contribution in [0.5, 0.6) is 0 Å². The van der Waals surface area contributed by atoms with E-state index in [0.29, 0.717) is 6.42 Å². The van der Waals surface area contributed by atoms with Crippen molar-refractivity contribution in [2.75, 3.05) is 0 Å². The first kappa shape index (κ1) is 11.5. The standard InChI is InChI=1S/C8H9F3N2O2/c1-2-3-13-4-5(7(14)15)6(12-13)8(9,10)11/h4H,2-3H2,1H3,(H,14,15). The molecule has 0 radical (unpaired) electrons. The second-order valence-corrected chi connectivity index (χ2v) is 2.96. The molecule has 0 atom stereocenters. The van der Waals surface area contributed by atoms with Crippen LogP contribution in [0, 0.1) is 0 Å². The number of carbonyl (C=O) groups is 1. The summed E-state index contributed by atoms with van der Waals surface area (Å²) in [5, 5.41) is 11.8. The van der Waals surface area contributed by atoms with Gasteiger partial charge >= 0.3 is 12.1 Å². The quantitative estimate of drug-likeness (QED) is 0.851. The largest absolute Gasteiger partial charge is 0.478 e. The number of halogens is 3. The van der Waals surface area contributed by atoms with E-state index < -0.39 is 23.4 Å². The molecule has 0 amide bonds. The van der Waals surface area contributed by atoms with Gasteiger partial charge in [-0.1, -0.05) is 6.92 Å². The maximum absolute atomic E-state index is 12.3. The topological polar surface area (TPSA) is 55.1 Å². The van der Waals surface area contributed by atoms with E-state index >= 15 is 0 Å². The van der Waals surface area contributed by atoms with Crippen LogP contribution in [0.15, 0.2) is 6.20 Å². The number of nitrogens with zero attached hydrogens (tertiary/aromatic N) is 2. The van der Waals surface area contributed by atoms with E-state index in [0.717, 1.165) is 10.9 Å². The Bertz CT molecular complexity index is 370. The SMILES string of the molecule is CCCn1cc(C(=O)O)c(C(F)(F)F)n1. The maximum atomic E-state index is 12.3. The van der Waals surface area contributed by atoms with Crippen LogP contribution in [0.4, 0.5) is 13.2 Å². The summed E-state index contributed by atoms with van der Waals surface area (Å²) in [6, 6.07) is 0. The van der Waals surface area contributed by atoms with Gasteiger partial charge in [0.05, 0.1) is 0 Å². The summed E-state index contributed by atoms with van der Waals surface area (Å²) < 4.78 is 38.0. The molecule has 4 nitrogen and oxygen atoms in total. The highest BCUT2D eigenvalue weighted by atomic mass is 19.4. The first-order valence-electron chi connectivity index (χ1n) is 4.24. The van der Waals surface area contributed by atoms with Crippen LogP contribution in [0.25, 0.3) is 0 Å². The Morgan fingerprint density at radius 3 is 2.53 bits per heavy atom. The molecule has 7 heteroatoms. The molecule has 1 heterocycles. The number of carboxylic acid groups (broad SMARTS) is 1. The average Bonchev–Trinajstić information content (AvgIpc) is 2.48. The molecule has 0 aromatic carbocycles. The van der Waals surface area contributed by atoms with Crippen molar-refractivity contribution in [2.24, 2.45) is 0 Å². The highest BCUT2D eigenvalue weighted by Crippen LogP contribution is 2.30. The third-order valence-corrected chi connectivity index (χ3v) is 1.71.